The molecule has 3 rings (SSSR count). The Balaban J connectivity index is 2.14. The highest BCUT2D eigenvalue weighted by molar-refractivity contribution is 6.04. The minimum atomic E-state index is -0.565. The number of hydrogen-bond donors (Lipinski definition) is 0. The zero-order valence-electron chi connectivity index (χ0n) is 13.8. The van der Waals surface area contributed by atoms with E-state index >= 15 is 0 Å². The summed E-state index contributed by atoms with van der Waals surface area (Å²) in [5, 5.41) is 5.54. The topological polar surface area (TPSA) is 41.9 Å². The maximum Gasteiger partial charge on any atom is 0.244 e. The molecule has 0 atom stereocenters. The molecular weight excluding hydrogens is 326 g/mol. The van der Waals surface area contributed by atoms with Crippen LogP contribution in [0.2, 0.25) is 0 Å². The number of ether oxygens (including phenoxy) is 1. The quantitative estimate of drug-likeness (QED) is 0.775. The second-order valence-electron chi connectivity index (χ2n) is 5.77. The van der Waals surface area contributed by atoms with Crippen LogP contribution in [0.1, 0.15) is 31.7 Å². The zero-order chi connectivity index (χ0) is 17.8. The lowest BCUT2D eigenvalue weighted by molar-refractivity contribution is -0.116. The molecule has 1 amide bonds. The number of para-hydroxylation sites is 2. The Morgan fingerprint density at radius 2 is 1.96 bits per heavy atom. The lowest BCUT2D eigenvalue weighted by atomic mass is 10.0. The summed E-state index contributed by atoms with van der Waals surface area (Å²) in [6.45, 7) is 1.84. The number of amides is 1. The molecular formula is C19H18F2N2O2. The fourth-order valence-electron chi connectivity index (χ4n) is 2.70. The van der Waals surface area contributed by atoms with Gasteiger partial charge in [0.2, 0.25) is 5.91 Å². The molecule has 0 saturated heterocycles. The van der Waals surface area contributed by atoms with E-state index in [2.05, 4.69) is 5.10 Å². The summed E-state index contributed by atoms with van der Waals surface area (Å²) in [6, 6.07) is 10.3. The Labute approximate surface area is 144 Å². The molecule has 6 heteroatoms. The lowest BCUT2D eigenvalue weighted by Gasteiger charge is -2.22. The fourth-order valence-corrected chi connectivity index (χ4v) is 2.70. The number of hydrogen-bond acceptors (Lipinski definition) is 3. The molecule has 0 aromatic heterocycles. The van der Waals surface area contributed by atoms with Crippen molar-refractivity contribution in [3.63, 3.8) is 0 Å². The van der Waals surface area contributed by atoms with Crippen LogP contribution in [0.15, 0.2) is 47.6 Å². The van der Waals surface area contributed by atoms with Crippen molar-refractivity contribution in [2.24, 2.45) is 5.10 Å². The third kappa shape index (κ3) is 3.84. The summed E-state index contributed by atoms with van der Waals surface area (Å²) in [7, 11) is 0. The predicted molar refractivity (Wildman–Crippen MR) is 91.8 cm³/mol. The summed E-state index contributed by atoms with van der Waals surface area (Å²) in [5.74, 6) is -0.923. The second kappa shape index (κ2) is 7.42. The Morgan fingerprint density at radius 3 is 2.76 bits per heavy atom. The molecule has 0 spiro atoms. The van der Waals surface area contributed by atoms with Crippen molar-refractivity contribution in [3.8, 4) is 5.75 Å². The van der Waals surface area contributed by atoms with Crippen molar-refractivity contribution in [3.05, 3.63) is 59.7 Å². The molecule has 25 heavy (non-hydrogen) atoms. The van der Waals surface area contributed by atoms with Gasteiger partial charge in [-0.3, -0.25) is 4.79 Å². The maximum absolute atomic E-state index is 14.2. The van der Waals surface area contributed by atoms with Crippen molar-refractivity contribution >= 4 is 17.3 Å². The molecule has 0 fully saturated rings. The van der Waals surface area contributed by atoms with Crippen molar-refractivity contribution in [1.29, 1.82) is 0 Å². The van der Waals surface area contributed by atoms with Crippen molar-refractivity contribution < 1.29 is 18.3 Å². The number of carbonyl (C=O) groups excluding carboxylic acids is 1. The monoisotopic (exact) mass is 344 g/mol. The van der Waals surface area contributed by atoms with Gasteiger partial charge in [0.05, 0.1) is 12.3 Å². The van der Waals surface area contributed by atoms with Crippen molar-refractivity contribution in [1.82, 2.24) is 0 Å². The lowest BCUT2D eigenvalue weighted by Crippen LogP contribution is -2.26. The Morgan fingerprint density at radius 1 is 1.16 bits per heavy atom. The molecule has 1 aliphatic heterocycles. The van der Waals surface area contributed by atoms with Gasteiger partial charge in [0, 0.05) is 12.5 Å². The maximum atomic E-state index is 14.2. The van der Waals surface area contributed by atoms with E-state index in [1.807, 2.05) is 0 Å². The standard InChI is InChI=1S/C19H18F2N2O2/c1-13(24)23-18-7-2-3-8-19(18)25-11-5-4-6-17(22-23)15-12-14(20)9-10-16(15)21/h2-3,7-10,12H,4-6,11H2,1H3/b22-17+. The first-order chi connectivity index (χ1) is 12.1. The van der Waals surface area contributed by atoms with Crippen LogP contribution in [0.4, 0.5) is 14.5 Å². The fraction of sp³-hybridized carbons (Fsp3) is 0.263. The number of hydrazone groups is 1. The highest BCUT2D eigenvalue weighted by Gasteiger charge is 2.20. The van der Waals surface area contributed by atoms with E-state index in [4.69, 9.17) is 4.74 Å². The third-order valence-corrected chi connectivity index (χ3v) is 3.92. The van der Waals surface area contributed by atoms with E-state index in [9.17, 15) is 13.6 Å². The van der Waals surface area contributed by atoms with Gasteiger partial charge in [-0.15, -0.1) is 0 Å². The van der Waals surface area contributed by atoms with Gasteiger partial charge < -0.3 is 4.74 Å². The van der Waals surface area contributed by atoms with E-state index in [1.165, 1.54) is 11.9 Å². The van der Waals surface area contributed by atoms with Crippen LogP contribution in [0.5, 0.6) is 5.75 Å². The van der Waals surface area contributed by atoms with Crippen LogP contribution in [0, 0.1) is 11.6 Å². The average molecular weight is 344 g/mol. The number of halogens is 2. The smallest absolute Gasteiger partial charge is 0.244 e. The minimum absolute atomic E-state index is 0.0743. The summed E-state index contributed by atoms with van der Waals surface area (Å²) in [6.07, 6.45) is 1.84. The van der Waals surface area contributed by atoms with Crippen LogP contribution in [0.3, 0.4) is 0 Å². The highest BCUT2D eigenvalue weighted by Crippen LogP contribution is 2.30. The molecule has 0 N–H and O–H groups in total. The van der Waals surface area contributed by atoms with Gasteiger partial charge in [-0.05, 0) is 49.6 Å². The van der Waals surface area contributed by atoms with Crippen LogP contribution in [0.25, 0.3) is 0 Å². The molecule has 0 saturated carbocycles. The van der Waals surface area contributed by atoms with Gasteiger partial charge in [-0.25, -0.2) is 8.78 Å². The molecule has 4 nitrogen and oxygen atoms in total. The SMILES string of the molecule is CC(=O)N1/N=C(/c2cc(F)ccc2F)CCCCOc2ccccc21. The summed E-state index contributed by atoms with van der Waals surface area (Å²) in [4.78, 5) is 12.1. The van der Waals surface area contributed by atoms with Gasteiger partial charge in [-0.2, -0.15) is 10.1 Å². The first-order valence-corrected chi connectivity index (χ1v) is 8.11. The molecule has 130 valence electrons. The highest BCUT2D eigenvalue weighted by atomic mass is 19.1. The molecule has 1 heterocycles. The van der Waals surface area contributed by atoms with E-state index in [0.717, 1.165) is 24.6 Å². The summed E-state index contributed by atoms with van der Waals surface area (Å²) < 4.78 is 33.6. The van der Waals surface area contributed by atoms with E-state index < -0.39 is 11.6 Å². The van der Waals surface area contributed by atoms with Crippen LogP contribution in [-0.2, 0) is 4.79 Å². The van der Waals surface area contributed by atoms with Gasteiger partial charge in [0.15, 0.2) is 0 Å². The normalized spacial score (nSPS) is 17.1. The summed E-state index contributed by atoms with van der Waals surface area (Å²) >= 11 is 0. The molecule has 2 aromatic rings. The van der Waals surface area contributed by atoms with Crippen LogP contribution < -0.4 is 9.75 Å². The molecule has 0 bridgehead atoms. The number of benzene rings is 2. The van der Waals surface area contributed by atoms with Crippen molar-refractivity contribution in [2.75, 3.05) is 11.6 Å². The third-order valence-electron chi connectivity index (χ3n) is 3.92. The predicted octanol–water partition coefficient (Wildman–Crippen LogP) is 4.28. The zero-order valence-corrected chi connectivity index (χ0v) is 13.8. The van der Waals surface area contributed by atoms with Gasteiger partial charge in [0.25, 0.3) is 0 Å². The Hall–Kier alpha value is -2.76. The number of nitrogens with zero attached hydrogens (tertiary/aromatic N) is 2. The van der Waals surface area contributed by atoms with Gasteiger partial charge >= 0.3 is 0 Å². The van der Waals surface area contributed by atoms with Crippen LogP contribution >= 0.6 is 0 Å². The first kappa shape index (κ1) is 17.1. The molecule has 2 aromatic carbocycles. The molecule has 0 aliphatic carbocycles. The molecule has 0 radical (unpaired) electrons. The number of fused-ring (bicyclic) bond motifs is 1. The van der Waals surface area contributed by atoms with Gasteiger partial charge in [0.1, 0.15) is 23.1 Å². The minimum Gasteiger partial charge on any atom is -0.491 e. The number of rotatable bonds is 1. The Bertz CT molecular complexity index is 821. The van der Waals surface area contributed by atoms with Gasteiger partial charge in [-0.1, -0.05) is 12.1 Å². The first-order valence-electron chi connectivity index (χ1n) is 8.11. The average Bonchev–Trinajstić information content (AvgIpc) is 2.60. The number of anilines is 1. The molecule has 1 aliphatic rings. The largest absolute Gasteiger partial charge is 0.491 e. The van der Waals surface area contributed by atoms with Crippen molar-refractivity contribution in [2.45, 2.75) is 26.2 Å². The Kier molecular flexibility index (Phi) is 5.07. The second-order valence-corrected chi connectivity index (χ2v) is 5.77. The molecule has 0 unspecified atom stereocenters. The number of carbonyl (C=O) groups is 1. The van der Waals surface area contributed by atoms with E-state index in [0.29, 0.717) is 36.6 Å². The summed E-state index contributed by atoms with van der Waals surface area (Å²) in [5.41, 5.74) is 0.889. The van der Waals surface area contributed by atoms with E-state index in [1.54, 1.807) is 24.3 Å². The van der Waals surface area contributed by atoms with Crippen LogP contribution in [-0.4, -0.2) is 18.2 Å². The van der Waals surface area contributed by atoms with E-state index in [-0.39, 0.29) is 11.5 Å².